The van der Waals surface area contributed by atoms with Crippen molar-refractivity contribution in [3.8, 4) is 11.5 Å². The van der Waals surface area contributed by atoms with Crippen LogP contribution in [0.1, 0.15) is 24.0 Å². The van der Waals surface area contributed by atoms with Crippen LogP contribution in [0, 0.1) is 0 Å². The van der Waals surface area contributed by atoms with E-state index in [4.69, 9.17) is 30.5 Å². The maximum atomic E-state index is 12.7. The fourth-order valence-electron chi connectivity index (χ4n) is 3.61. The summed E-state index contributed by atoms with van der Waals surface area (Å²) >= 11 is 6.27. The zero-order valence-electron chi connectivity index (χ0n) is 18.1. The molecule has 0 aromatic heterocycles. The Labute approximate surface area is 198 Å². The number of ether oxygens (including phenoxy) is 4. The van der Waals surface area contributed by atoms with Crippen LogP contribution in [0.5, 0.6) is 11.5 Å². The van der Waals surface area contributed by atoms with E-state index >= 15 is 0 Å². The van der Waals surface area contributed by atoms with Crippen molar-refractivity contribution < 1.29 is 32.2 Å². The number of morpholine rings is 1. The van der Waals surface area contributed by atoms with Gasteiger partial charge in [-0.1, -0.05) is 23.7 Å². The highest BCUT2D eigenvalue weighted by Crippen LogP contribution is 2.38. The van der Waals surface area contributed by atoms with E-state index in [1.54, 1.807) is 36.4 Å². The second-order valence-electron chi connectivity index (χ2n) is 7.78. The predicted molar refractivity (Wildman–Crippen MR) is 121 cm³/mol. The molecule has 2 aliphatic rings. The van der Waals surface area contributed by atoms with Gasteiger partial charge in [-0.3, -0.25) is 4.79 Å². The van der Waals surface area contributed by atoms with Crippen LogP contribution in [0.3, 0.4) is 0 Å². The van der Waals surface area contributed by atoms with Crippen molar-refractivity contribution in [2.45, 2.75) is 30.8 Å². The first kappa shape index (κ1) is 23.8. The van der Waals surface area contributed by atoms with Crippen LogP contribution in [0.2, 0.25) is 5.02 Å². The second kappa shape index (κ2) is 10.7. The number of rotatable bonds is 7. The summed E-state index contributed by atoms with van der Waals surface area (Å²) in [4.78, 5) is 12.5. The quantitative estimate of drug-likeness (QED) is 0.545. The third-order valence-electron chi connectivity index (χ3n) is 5.41. The summed E-state index contributed by atoms with van der Waals surface area (Å²) in [5.74, 6) is 0.713. The van der Waals surface area contributed by atoms with Gasteiger partial charge < -0.3 is 18.9 Å². The van der Waals surface area contributed by atoms with Crippen molar-refractivity contribution in [3.05, 3.63) is 52.5 Å². The lowest BCUT2D eigenvalue weighted by molar-refractivity contribution is -0.144. The van der Waals surface area contributed by atoms with Crippen LogP contribution in [0.4, 0.5) is 0 Å². The molecule has 1 saturated heterocycles. The molecule has 4 rings (SSSR count). The monoisotopic (exact) mass is 495 g/mol. The first-order valence-electron chi connectivity index (χ1n) is 10.8. The molecule has 33 heavy (non-hydrogen) atoms. The van der Waals surface area contributed by atoms with Gasteiger partial charge in [-0.15, -0.1) is 0 Å². The van der Waals surface area contributed by atoms with Gasteiger partial charge in [0.2, 0.25) is 10.0 Å². The fourth-order valence-corrected chi connectivity index (χ4v) is 5.31. The van der Waals surface area contributed by atoms with Crippen LogP contribution in [0.25, 0.3) is 0 Å². The Morgan fingerprint density at radius 3 is 2.48 bits per heavy atom. The van der Waals surface area contributed by atoms with Crippen LogP contribution < -0.4 is 9.47 Å². The largest absolute Gasteiger partial charge is 0.489 e. The summed E-state index contributed by atoms with van der Waals surface area (Å²) in [6, 6.07) is 10.1. The van der Waals surface area contributed by atoms with E-state index in [1.165, 1.54) is 4.31 Å². The van der Waals surface area contributed by atoms with Crippen molar-refractivity contribution in [2.75, 3.05) is 39.5 Å². The number of esters is 1. The van der Waals surface area contributed by atoms with Gasteiger partial charge in [-0.05, 0) is 41.8 Å². The van der Waals surface area contributed by atoms with E-state index in [9.17, 15) is 13.2 Å². The Morgan fingerprint density at radius 2 is 1.73 bits per heavy atom. The minimum absolute atomic E-state index is 0.0753. The molecule has 0 aliphatic carbocycles. The van der Waals surface area contributed by atoms with Crippen LogP contribution in [-0.4, -0.2) is 58.2 Å². The number of fused-ring (bicyclic) bond motifs is 1. The fraction of sp³-hybridized carbons (Fsp3) is 0.435. The molecule has 0 N–H and O–H groups in total. The van der Waals surface area contributed by atoms with Gasteiger partial charge in [0.05, 0.1) is 36.3 Å². The van der Waals surface area contributed by atoms with Gasteiger partial charge in [0.15, 0.2) is 11.5 Å². The number of carbonyl (C=O) groups is 1. The molecule has 10 heteroatoms. The van der Waals surface area contributed by atoms with Crippen molar-refractivity contribution in [3.63, 3.8) is 0 Å². The molecule has 0 saturated carbocycles. The Balaban J connectivity index is 1.29. The third kappa shape index (κ3) is 5.97. The maximum Gasteiger partial charge on any atom is 0.306 e. The Bertz CT molecular complexity index is 1080. The van der Waals surface area contributed by atoms with E-state index < -0.39 is 10.0 Å². The van der Waals surface area contributed by atoms with E-state index in [0.717, 1.165) is 17.5 Å². The van der Waals surface area contributed by atoms with Gasteiger partial charge in [0, 0.05) is 25.9 Å². The smallest absolute Gasteiger partial charge is 0.306 e. The van der Waals surface area contributed by atoms with Crippen LogP contribution in [-0.2, 0) is 37.3 Å². The normalized spacial score (nSPS) is 16.8. The number of hydrogen-bond donors (Lipinski definition) is 0. The highest BCUT2D eigenvalue weighted by atomic mass is 35.5. The molecular weight excluding hydrogens is 470 g/mol. The lowest BCUT2D eigenvalue weighted by Gasteiger charge is -2.26. The SMILES string of the molecule is O=C(CCc1ccc(S(=O)(=O)N2CCOCC2)cc1)OCc1cc(Cl)c2c(c1)OCCCO2. The van der Waals surface area contributed by atoms with Crippen molar-refractivity contribution in [1.82, 2.24) is 4.31 Å². The molecule has 8 nitrogen and oxygen atoms in total. The van der Waals surface area contributed by atoms with Crippen molar-refractivity contribution >= 4 is 27.6 Å². The second-order valence-corrected chi connectivity index (χ2v) is 10.1. The number of sulfonamides is 1. The average Bonchev–Trinajstić information content (AvgIpc) is 3.08. The standard InChI is InChI=1S/C23H26ClNO7S/c24-20-14-18(15-21-23(20)31-11-1-10-30-21)16-32-22(26)7-4-17-2-5-19(6-3-17)33(27,28)25-8-12-29-13-9-25/h2-3,5-6,14-15H,1,4,7-13,16H2. The Kier molecular flexibility index (Phi) is 7.75. The lowest BCUT2D eigenvalue weighted by Crippen LogP contribution is -2.40. The minimum atomic E-state index is -3.53. The first-order chi connectivity index (χ1) is 15.9. The van der Waals surface area contributed by atoms with E-state index in [1.807, 2.05) is 0 Å². The molecular formula is C23H26ClNO7S. The van der Waals surface area contributed by atoms with Crippen LogP contribution >= 0.6 is 11.6 Å². The first-order valence-corrected chi connectivity index (χ1v) is 12.7. The van der Waals surface area contributed by atoms with E-state index in [0.29, 0.717) is 62.5 Å². The Hall–Kier alpha value is -2.33. The molecule has 0 unspecified atom stereocenters. The average molecular weight is 496 g/mol. The number of hydrogen-bond acceptors (Lipinski definition) is 7. The predicted octanol–water partition coefficient (Wildman–Crippen LogP) is 3.20. The molecule has 2 heterocycles. The zero-order chi connectivity index (χ0) is 23.3. The topological polar surface area (TPSA) is 91.4 Å². The summed E-state index contributed by atoms with van der Waals surface area (Å²) in [6.45, 7) is 2.66. The Morgan fingerprint density at radius 1 is 1.00 bits per heavy atom. The van der Waals surface area contributed by atoms with Gasteiger partial charge in [0.25, 0.3) is 0 Å². The maximum absolute atomic E-state index is 12.7. The molecule has 0 bridgehead atoms. The van der Waals surface area contributed by atoms with Crippen molar-refractivity contribution in [1.29, 1.82) is 0 Å². The highest BCUT2D eigenvalue weighted by molar-refractivity contribution is 7.89. The molecule has 0 atom stereocenters. The minimum Gasteiger partial charge on any atom is -0.489 e. The van der Waals surface area contributed by atoms with Crippen molar-refractivity contribution in [2.24, 2.45) is 0 Å². The lowest BCUT2D eigenvalue weighted by atomic mass is 10.1. The molecule has 1 fully saturated rings. The summed E-state index contributed by atoms with van der Waals surface area (Å²) in [5.41, 5.74) is 1.57. The molecule has 2 aromatic carbocycles. The van der Waals surface area contributed by atoms with Gasteiger partial charge in [-0.2, -0.15) is 4.31 Å². The molecule has 2 aromatic rings. The number of nitrogens with zero attached hydrogens (tertiary/aromatic N) is 1. The summed E-state index contributed by atoms with van der Waals surface area (Å²) in [6.07, 6.45) is 1.39. The van der Waals surface area contributed by atoms with Crippen LogP contribution in [0.15, 0.2) is 41.3 Å². The summed E-state index contributed by atoms with van der Waals surface area (Å²) in [5, 5.41) is 0.424. The number of halogens is 1. The molecule has 0 spiro atoms. The summed E-state index contributed by atoms with van der Waals surface area (Å²) < 4.78 is 48.6. The molecule has 0 radical (unpaired) electrons. The molecule has 2 aliphatic heterocycles. The number of aryl methyl sites for hydroxylation is 1. The van der Waals surface area contributed by atoms with Gasteiger partial charge >= 0.3 is 5.97 Å². The summed E-state index contributed by atoms with van der Waals surface area (Å²) in [7, 11) is -3.53. The van der Waals surface area contributed by atoms with Gasteiger partial charge in [-0.25, -0.2) is 8.42 Å². The molecule has 178 valence electrons. The third-order valence-corrected chi connectivity index (χ3v) is 7.60. The molecule has 0 amide bonds. The zero-order valence-corrected chi connectivity index (χ0v) is 19.7. The number of benzene rings is 2. The van der Waals surface area contributed by atoms with E-state index in [-0.39, 0.29) is 23.9 Å². The number of carbonyl (C=O) groups excluding carboxylic acids is 1. The van der Waals surface area contributed by atoms with E-state index in [2.05, 4.69) is 0 Å². The van der Waals surface area contributed by atoms with Gasteiger partial charge in [0.1, 0.15) is 6.61 Å². The highest BCUT2D eigenvalue weighted by Gasteiger charge is 2.26.